The molecule has 0 bridgehead atoms. The highest BCUT2D eigenvalue weighted by atomic mass is 19.1. The smallest absolute Gasteiger partial charge is 0.246 e. The van der Waals surface area contributed by atoms with Crippen molar-refractivity contribution in [3.63, 3.8) is 0 Å². The number of hydrogen-bond acceptors (Lipinski definition) is 4. The van der Waals surface area contributed by atoms with Gasteiger partial charge in [-0.3, -0.25) is 9.78 Å². The molecule has 1 unspecified atom stereocenters. The Kier molecular flexibility index (Phi) is 6.33. The third-order valence-corrected chi connectivity index (χ3v) is 4.86. The topological polar surface area (TPSA) is 51.7 Å². The Balaban J connectivity index is 1.39. The largest absolute Gasteiger partial charge is 0.453 e. The summed E-state index contributed by atoms with van der Waals surface area (Å²) in [5.41, 5.74) is 1.35. The van der Waals surface area contributed by atoms with Crippen LogP contribution in [0, 0.1) is 11.6 Å². The number of carbonyl (C=O) groups excluding carboxylic acids is 1. The summed E-state index contributed by atoms with van der Waals surface area (Å²) in [6.07, 6.45) is 5.75. The van der Waals surface area contributed by atoms with Crippen molar-refractivity contribution < 1.29 is 23.0 Å². The van der Waals surface area contributed by atoms with Crippen LogP contribution in [0.1, 0.15) is 17.2 Å². The van der Waals surface area contributed by atoms with Crippen molar-refractivity contribution in [3.8, 4) is 11.5 Å². The average Bonchev–Trinajstić information content (AvgIpc) is 2.80. The van der Waals surface area contributed by atoms with Crippen molar-refractivity contribution in [2.24, 2.45) is 0 Å². The van der Waals surface area contributed by atoms with Gasteiger partial charge in [0.15, 0.2) is 11.6 Å². The van der Waals surface area contributed by atoms with Crippen molar-refractivity contribution in [1.29, 1.82) is 0 Å². The predicted octanol–water partition coefficient (Wildman–Crippen LogP) is 4.77. The minimum absolute atomic E-state index is 0.0757. The van der Waals surface area contributed by atoms with Crippen molar-refractivity contribution in [3.05, 3.63) is 95.8 Å². The molecule has 31 heavy (non-hydrogen) atoms. The van der Waals surface area contributed by atoms with Gasteiger partial charge in [-0.1, -0.05) is 18.2 Å². The van der Waals surface area contributed by atoms with Gasteiger partial charge in [0.25, 0.3) is 0 Å². The van der Waals surface area contributed by atoms with Crippen LogP contribution < -0.4 is 4.74 Å². The Hall–Kier alpha value is -3.58. The first-order valence-corrected chi connectivity index (χ1v) is 9.80. The van der Waals surface area contributed by atoms with Gasteiger partial charge in [0.05, 0.1) is 19.3 Å². The molecule has 0 aliphatic carbocycles. The molecule has 0 radical (unpaired) electrons. The number of pyridine rings is 1. The summed E-state index contributed by atoms with van der Waals surface area (Å²) < 4.78 is 38.7. The third kappa shape index (κ3) is 5.32. The molecule has 1 aromatic heterocycles. The van der Waals surface area contributed by atoms with Crippen LogP contribution in [0.25, 0.3) is 6.08 Å². The van der Waals surface area contributed by atoms with Gasteiger partial charge < -0.3 is 14.4 Å². The van der Waals surface area contributed by atoms with Gasteiger partial charge in [0.2, 0.25) is 5.91 Å². The number of nitrogens with zero attached hydrogens (tertiary/aromatic N) is 2. The minimum atomic E-state index is -0.541. The van der Waals surface area contributed by atoms with E-state index in [1.807, 2.05) is 0 Å². The lowest BCUT2D eigenvalue weighted by molar-refractivity contribution is -0.133. The van der Waals surface area contributed by atoms with Crippen molar-refractivity contribution in [1.82, 2.24) is 9.88 Å². The lowest BCUT2D eigenvalue weighted by Crippen LogP contribution is -2.41. The first-order chi connectivity index (χ1) is 15.1. The number of carbonyl (C=O) groups is 1. The highest BCUT2D eigenvalue weighted by Crippen LogP contribution is 2.25. The fourth-order valence-electron chi connectivity index (χ4n) is 3.24. The van der Waals surface area contributed by atoms with Crippen molar-refractivity contribution in [2.45, 2.75) is 6.10 Å². The number of amides is 1. The molecule has 0 saturated carbocycles. The fourth-order valence-corrected chi connectivity index (χ4v) is 3.24. The fraction of sp³-hybridized carbons (Fsp3) is 0.167. The van der Waals surface area contributed by atoms with Crippen LogP contribution in [0.5, 0.6) is 11.5 Å². The molecule has 4 rings (SSSR count). The Morgan fingerprint density at radius 3 is 2.74 bits per heavy atom. The summed E-state index contributed by atoms with van der Waals surface area (Å²) in [4.78, 5) is 18.2. The molecular formula is C24H20F2N2O3. The van der Waals surface area contributed by atoms with Gasteiger partial charge in [-0.15, -0.1) is 0 Å². The van der Waals surface area contributed by atoms with E-state index in [9.17, 15) is 13.6 Å². The summed E-state index contributed by atoms with van der Waals surface area (Å²) in [6.45, 7) is 1.20. The summed E-state index contributed by atoms with van der Waals surface area (Å²) in [5, 5.41) is 0. The molecule has 7 heteroatoms. The van der Waals surface area contributed by atoms with E-state index in [0.717, 1.165) is 5.56 Å². The first kappa shape index (κ1) is 20.7. The second-order valence-corrected chi connectivity index (χ2v) is 7.01. The quantitative estimate of drug-likeness (QED) is 0.556. The summed E-state index contributed by atoms with van der Waals surface area (Å²) >= 11 is 0. The van der Waals surface area contributed by atoms with E-state index in [-0.39, 0.29) is 23.6 Å². The second kappa shape index (κ2) is 9.49. The molecule has 1 amide bonds. The molecule has 0 N–H and O–H groups in total. The van der Waals surface area contributed by atoms with Crippen LogP contribution in [-0.2, 0) is 9.53 Å². The number of halogens is 2. The van der Waals surface area contributed by atoms with Crippen molar-refractivity contribution >= 4 is 12.0 Å². The van der Waals surface area contributed by atoms with Crippen LogP contribution in [-0.4, -0.2) is 35.5 Å². The molecule has 5 nitrogen and oxygen atoms in total. The normalized spacial score (nSPS) is 16.5. The predicted molar refractivity (Wildman–Crippen MR) is 111 cm³/mol. The van der Waals surface area contributed by atoms with Crippen LogP contribution in [0.15, 0.2) is 73.1 Å². The van der Waals surface area contributed by atoms with E-state index in [2.05, 4.69) is 4.98 Å². The number of ether oxygens (including phenoxy) is 2. The zero-order chi connectivity index (χ0) is 21.6. The Bertz CT molecular complexity index is 1070. The minimum Gasteiger partial charge on any atom is -0.453 e. The van der Waals surface area contributed by atoms with E-state index < -0.39 is 5.82 Å². The van der Waals surface area contributed by atoms with Gasteiger partial charge in [0, 0.05) is 18.8 Å². The second-order valence-electron chi connectivity index (χ2n) is 7.01. The molecule has 158 valence electrons. The maximum Gasteiger partial charge on any atom is 0.246 e. The molecule has 3 aromatic rings. The average molecular weight is 422 g/mol. The number of rotatable bonds is 5. The Labute approximate surface area is 178 Å². The van der Waals surface area contributed by atoms with E-state index in [4.69, 9.17) is 9.47 Å². The van der Waals surface area contributed by atoms with Crippen LogP contribution in [0.4, 0.5) is 8.78 Å². The highest BCUT2D eigenvalue weighted by molar-refractivity contribution is 5.91. The van der Waals surface area contributed by atoms with Gasteiger partial charge in [0.1, 0.15) is 17.7 Å². The maximum atomic E-state index is 14.4. The molecule has 1 saturated heterocycles. The van der Waals surface area contributed by atoms with E-state index >= 15 is 0 Å². The highest BCUT2D eigenvalue weighted by Gasteiger charge is 2.24. The van der Waals surface area contributed by atoms with Gasteiger partial charge in [-0.25, -0.2) is 8.78 Å². The first-order valence-electron chi connectivity index (χ1n) is 9.80. The summed E-state index contributed by atoms with van der Waals surface area (Å²) in [7, 11) is 0. The molecule has 1 atom stereocenters. The van der Waals surface area contributed by atoms with Gasteiger partial charge in [-0.2, -0.15) is 0 Å². The number of aromatic nitrogens is 1. The van der Waals surface area contributed by atoms with Crippen LogP contribution in [0.3, 0.4) is 0 Å². The van der Waals surface area contributed by atoms with E-state index in [1.165, 1.54) is 36.5 Å². The van der Waals surface area contributed by atoms with Gasteiger partial charge in [-0.05, 0) is 53.6 Å². The van der Waals surface area contributed by atoms with E-state index in [0.29, 0.717) is 31.0 Å². The molecule has 1 aliphatic heterocycles. The zero-order valence-electron chi connectivity index (χ0n) is 16.6. The molecule has 0 spiro atoms. The standard InChI is InChI=1S/C24H20F2N2O3/c25-19-7-5-18(6-8-19)23-16-28(12-13-30-23)24(29)10-4-17-3-9-22(21(26)14-17)31-20-2-1-11-27-15-20/h1-11,14-15,23H,12-13,16H2/b10-4+. The third-order valence-electron chi connectivity index (χ3n) is 4.86. The molecule has 2 aromatic carbocycles. The number of morpholine rings is 1. The molecule has 1 fully saturated rings. The molecule has 1 aliphatic rings. The maximum absolute atomic E-state index is 14.4. The monoisotopic (exact) mass is 422 g/mol. The summed E-state index contributed by atoms with van der Waals surface area (Å²) in [6, 6.07) is 13.9. The number of benzene rings is 2. The number of hydrogen-bond donors (Lipinski definition) is 0. The van der Waals surface area contributed by atoms with Gasteiger partial charge >= 0.3 is 0 Å². The van der Waals surface area contributed by atoms with Crippen molar-refractivity contribution in [2.75, 3.05) is 19.7 Å². The Morgan fingerprint density at radius 2 is 2.00 bits per heavy atom. The lowest BCUT2D eigenvalue weighted by Gasteiger charge is -2.32. The Morgan fingerprint density at radius 1 is 1.16 bits per heavy atom. The molecular weight excluding hydrogens is 402 g/mol. The SMILES string of the molecule is O=C(/C=C/c1ccc(Oc2cccnc2)c(F)c1)N1CCOC(c2ccc(F)cc2)C1. The zero-order valence-corrected chi connectivity index (χ0v) is 16.6. The molecule has 2 heterocycles. The van der Waals surface area contributed by atoms with Crippen LogP contribution >= 0.6 is 0 Å². The van der Waals surface area contributed by atoms with Crippen LogP contribution in [0.2, 0.25) is 0 Å². The van der Waals surface area contributed by atoms with E-state index in [1.54, 1.807) is 47.5 Å². The summed E-state index contributed by atoms with van der Waals surface area (Å²) in [5.74, 6) is -0.554. The lowest BCUT2D eigenvalue weighted by atomic mass is 10.1.